The third-order valence-corrected chi connectivity index (χ3v) is 4.20. The molecular weight excluding hydrogens is 296 g/mol. The van der Waals surface area contributed by atoms with Gasteiger partial charge in [0, 0.05) is 18.7 Å². The number of carbonyl (C=O) groups excluding carboxylic acids is 1. The summed E-state index contributed by atoms with van der Waals surface area (Å²) < 4.78 is 0. The van der Waals surface area contributed by atoms with E-state index >= 15 is 0 Å². The van der Waals surface area contributed by atoms with Crippen molar-refractivity contribution in [3.63, 3.8) is 0 Å². The summed E-state index contributed by atoms with van der Waals surface area (Å²) in [5.41, 5.74) is 18.2. The summed E-state index contributed by atoms with van der Waals surface area (Å²) in [6, 6.07) is 21.9. The lowest BCUT2D eigenvalue weighted by atomic mass is 9.90. The van der Waals surface area contributed by atoms with Gasteiger partial charge in [0.1, 0.15) is 0 Å². The first kappa shape index (κ1) is 16.1. The van der Waals surface area contributed by atoms with Crippen molar-refractivity contribution in [2.45, 2.75) is 13.1 Å². The molecule has 0 spiro atoms. The fraction of sp³-hybridized carbons (Fsp3) is 0.0952. The Labute approximate surface area is 141 Å². The van der Waals surface area contributed by atoms with E-state index in [2.05, 4.69) is 0 Å². The third kappa shape index (κ3) is 3.13. The van der Waals surface area contributed by atoms with Gasteiger partial charge in [-0.05, 0) is 33.4 Å². The molecule has 0 aliphatic rings. The summed E-state index contributed by atoms with van der Waals surface area (Å²) in [6.07, 6.45) is 0.907. The normalized spacial score (nSPS) is 10.6. The Hall–Kier alpha value is -2.75. The molecule has 0 unspecified atom stereocenters. The van der Waals surface area contributed by atoms with Crippen LogP contribution in [-0.4, -0.2) is 6.29 Å². The third-order valence-electron chi connectivity index (χ3n) is 4.20. The molecule has 0 atom stereocenters. The van der Waals surface area contributed by atoms with Crippen molar-refractivity contribution in [3.05, 3.63) is 83.4 Å². The maximum Gasteiger partial charge on any atom is 0.150 e. The molecule has 4 N–H and O–H groups in total. The largest absolute Gasteiger partial charge is 0.326 e. The van der Waals surface area contributed by atoms with Gasteiger partial charge in [0.15, 0.2) is 6.29 Å². The monoisotopic (exact) mass is 316 g/mol. The molecule has 0 radical (unpaired) electrons. The predicted octanol–water partition coefficient (Wildman–Crippen LogP) is 3.75. The summed E-state index contributed by atoms with van der Waals surface area (Å²) in [7, 11) is 0. The van der Waals surface area contributed by atoms with Gasteiger partial charge in [-0.25, -0.2) is 0 Å². The molecule has 3 aromatic rings. The van der Waals surface area contributed by atoms with Crippen LogP contribution in [-0.2, 0) is 13.1 Å². The molecule has 3 aromatic carbocycles. The van der Waals surface area contributed by atoms with Crippen LogP contribution >= 0.6 is 0 Å². The van der Waals surface area contributed by atoms with E-state index in [0.29, 0.717) is 18.7 Å². The fourth-order valence-corrected chi connectivity index (χ4v) is 2.86. The molecule has 0 aliphatic heterocycles. The van der Waals surface area contributed by atoms with Crippen molar-refractivity contribution in [1.29, 1.82) is 0 Å². The molecule has 0 amide bonds. The molecule has 0 saturated heterocycles. The van der Waals surface area contributed by atoms with Crippen LogP contribution < -0.4 is 11.5 Å². The summed E-state index contributed by atoms with van der Waals surface area (Å²) in [5, 5.41) is 0. The molecule has 120 valence electrons. The molecule has 0 bridgehead atoms. The fourth-order valence-electron chi connectivity index (χ4n) is 2.86. The van der Waals surface area contributed by atoms with Crippen LogP contribution in [0.5, 0.6) is 0 Å². The number of carbonyl (C=O) groups is 1. The minimum Gasteiger partial charge on any atom is -0.326 e. The first-order valence-corrected chi connectivity index (χ1v) is 7.93. The minimum absolute atomic E-state index is 0.503. The first-order chi connectivity index (χ1) is 11.8. The second kappa shape index (κ2) is 7.21. The molecule has 3 nitrogen and oxygen atoms in total. The first-order valence-electron chi connectivity index (χ1n) is 7.93. The van der Waals surface area contributed by atoms with Crippen molar-refractivity contribution in [1.82, 2.24) is 0 Å². The maximum absolute atomic E-state index is 11.6. The zero-order valence-corrected chi connectivity index (χ0v) is 13.4. The molecule has 3 heteroatoms. The SMILES string of the molecule is NCc1ccc(-c2cccc(C=O)c2-c2ccc(CN)cc2)cc1. The molecule has 0 aliphatic carbocycles. The van der Waals surface area contributed by atoms with Crippen LogP contribution in [0.2, 0.25) is 0 Å². The Kier molecular flexibility index (Phi) is 4.85. The second-order valence-corrected chi connectivity index (χ2v) is 5.69. The average molecular weight is 316 g/mol. The topological polar surface area (TPSA) is 69.1 Å². The van der Waals surface area contributed by atoms with E-state index in [1.54, 1.807) is 0 Å². The van der Waals surface area contributed by atoms with E-state index in [9.17, 15) is 4.79 Å². The standard InChI is InChI=1S/C21H20N2O/c22-12-15-4-8-17(9-5-15)20-3-1-2-19(14-24)21(20)18-10-6-16(13-23)7-11-18/h1-11,14H,12-13,22-23H2. The van der Waals surface area contributed by atoms with Gasteiger partial charge in [0.25, 0.3) is 0 Å². The highest BCUT2D eigenvalue weighted by molar-refractivity contribution is 5.95. The quantitative estimate of drug-likeness (QED) is 0.704. The lowest BCUT2D eigenvalue weighted by molar-refractivity contribution is 0.112. The van der Waals surface area contributed by atoms with Crippen molar-refractivity contribution in [2.75, 3.05) is 0 Å². The summed E-state index contributed by atoms with van der Waals surface area (Å²) in [6.45, 7) is 1.02. The van der Waals surface area contributed by atoms with E-state index < -0.39 is 0 Å². The van der Waals surface area contributed by atoms with Crippen LogP contribution in [0, 0.1) is 0 Å². The molecule has 3 rings (SSSR count). The Morgan fingerprint density at radius 1 is 0.708 bits per heavy atom. The Bertz CT molecular complexity index is 837. The van der Waals surface area contributed by atoms with Gasteiger partial charge in [-0.3, -0.25) is 4.79 Å². The zero-order chi connectivity index (χ0) is 16.9. The number of hydrogen-bond acceptors (Lipinski definition) is 3. The highest BCUT2D eigenvalue weighted by Crippen LogP contribution is 2.34. The molecular formula is C21H20N2O. The molecule has 0 aromatic heterocycles. The highest BCUT2D eigenvalue weighted by atomic mass is 16.1. The van der Waals surface area contributed by atoms with Gasteiger partial charge >= 0.3 is 0 Å². The zero-order valence-electron chi connectivity index (χ0n) is 13.4. The lowest BCUT2D eigenvalue weighted by Crippen LogP contribution is -1.97. The van der Waals surface area contributed by atoms with E-state index in [1.807, 2.05) is 66.7 Å². The molecule has 0 fully saturated rings. The highest BCUT2D eigenvalue weighted by Gasteiger charge is 2.12. The van der Waals surface area contributed by atoms with Crippen LogP contribution in [0.1, 0.15) is 21.5 Å². The van der Waals surface area contributed by atoms with Crippen LogP contribution in [0.25, 0.3) is 22.3 Å². The predicted molar refractivity (Wildman–Crippen MR) is 98.5 cm³/mol. The molecule has 24 heavy (non-hydrogen) atoms. The van der Waals surface area contributed by atoms with E-state index in [-0.39, 0.29) is 0 Å². The van der Waals surface area contributed by atoms with Crippen LogP contribution in [0.4, 0.5) is 0 Å². The van der Waals surface area contributed by atoms with Gasteiger partial charge in [-0.15, -0.1) is 0 Å². The van der Waals surface area contributed by atoms with Gasteiger partial charge in [0.2, 0.25) is 0 Å². The van der Waals surface area contributed by atoms with Gasteiger partial charge in [0.05, 0.1) is 0 Å². The van der Waals surface area contributed by atoms with E-state index in [4.69, 9.17) is 11.5 Å². The van der Waals surface area contributed by atoms with E-state index in [0.717, 1.165) is 39.7 Å². The summed E-state index contributed by atoms with van der Waals surface area (Å²) in [5.74, 6) is 0. The maximum atomic E-state index is 11.6. The Balaban J connectivity index is 2.16. The van der Waals surface area contributed by atoms with Crippen LogP contribution in [0.3, 0.4) is 0 Å². The van der Waals surface area contributed by atoms with Crippen molar-refractivity contribution < 1.29 is 4.79 Å². The summed E-state index contributed by atoms with van der Waals surface area (Å²) >= 11 is 0. The minimum atomic E-state index is 0.503. The number of rotatable bonds is 5. The van der Waals surface area contributed by atoms with Crippen molar-refractivity contribution in [3.8, 4) is 22.3 Å². The Morgan fingerprint density at radius 2 is 1.25 bits per heavy atom. The molecule has 0 heterocycles. The van der Waals surface area contributed by atoms with Crippen molar-refractivity contribution >= 4 is 6.29 Å². The number of nitrogens with two attached hydrogens (primary N) is 2. The van der Waals surface area contributed by atoms with Gasteiger partial charge < -0.3 is 11.5 Å². The smallest absolute Gasteiger partial charge is 0.150 e. The Morgan fingerprint density at radius 3 is 1.75 bits per heavy atom. The van der Waals surface area contributed by atoms with Crippen molar-refractivity contribution in [2.24, 2.45) is 11.5 Å². The van der Waals surface area contributed by atoms with E-state index in [1.165, 1.54) is 0 Å². The number of aldehydes is 1. The second-order valence-electron chi connectivity index (χ2n) is 5.69. The number of hydrogen-bond donors (Lipinski definition) is 2. The summed E-state index contributed by atoms with van der Waals surface area (Å²) in [4.78, 5) is 11.6. The lowest BCUT2D eigenvalue weighted by Gasteiger charge is -2.13. The van der Waals surface area contributed by atoms with Gasteiger partial charge in [-0.2, -0.15) is 0 Å². The molecule has 0 saturated carbocycles. The van der Waals surface area contributed by atoms with Crippen LogP contribution in [0.15, 0.2) is 66.7 Å². The number of benzene rings is 3. The average Bonchev–Trinajstić information content (AvgIpc) is 2.67. The van der Waals surface area contributed by atoms with Gasteiger partial charge in [-0.1, -0.05) is 66.7 Å².